The smallest absolute Gasteiger partial charge is 0.406 e. The van der Waals surface area contributed by atoms with Crippen molar-refractivity contribution in [2.45, 2.75) is 76.5 Å². The minimum absolute atomic E-state index is 0.0228. The number of carbonyl (C=O) groups excluding carboxylic acids is 2. The quantitative estimate of drug-likeness (QED) is 0.380. The molecule has 8 nitrogen and oxygen atoms in total. The first-order chi connectivity index (χ1) is 17.4. The summed E-state index contributed by atoms with van der Waals surface area (Å²) in [5, 5.41) is 6.54. The van der Waals surface area contributed by atoms with Crippen molar-refractivity contribution in [2.75, 3.05) is 33.4 Å². The zero-order chi connectivity index (χ0) is 25.9. The molecule has 1 saturated heterocycles. The maximum Gasteiger partial charge on any atom is 0.406 e. The minimum Gasteiger partial charge on any atom is -0.453 e. The number of ether oxygens (including phenoxy) is 2. The van der Waals surface area contributed by atoms with Gasteiger partial charge in [-0.2, -0.15) is 0 Å². The van der Waals surface area contributed by atoms with Crippen LogP contribution in [-0.2, 0) is 9.47 Å². The van der Waals surface area contributed by atoms with Crippen molar-refractivity contribution in [3.63, 3.8) is 0 Å². The fraction of sp³-hybridized carbons (Fsp3) is 0.704. The Morgan fingerprint density at radius 2 is 1.97 bits per heavy atom. The standard InChI is InChI=1S/C27H43ClN4O4/c1-19(29)24(16-20-8-4-3-5-9-20)31-26(33)32-14-7-11-22(18-32)25(21-10-6-12-23(28)17-21)36-15-13-30-27(34)35-2/h6,10,12,17,19-20,22,24-25H,3-5,7-9,11,13-16,18,29H2,1-2H3,(H,30,34)(H,31,33). The van der Waals surface area contributed by atoms with Gasteiger partial charge in [0.1, 0.15) is 0 Å². The Morgan fingerprint density at radius 3 is 2.67 bits per heavy atom. The van der Waals surface area contributed by atoms with Crippen LogP contribution in [0.2, 0.25) is 5.02 Å². The largest absolute Gasteiger partial charge is 0.453 e. The van der Waals surface area contributed by atoms with E-state index in [-0.39, 0.29) is 30.1 Å². The summed E-state index contributed by atoms with van der Waals surface area (Å²) in [6, 6.07) is 7.49. The van der Waals surface area contributed by atoms with Crippen molar-refractivity contribution in [3.8, 4) is 0 Å². The molecule has 1 aromatic carbocycles. The number of hydrogen-bond acceptors (Lipinski definition) is 5. The molecule has 1 saturated carbocycles. The van der Waals surface area contributed by atoms with Crippen LogP contribution in [0.25, 0.3) is 0 Å². The number of methoxy groups -OCH3 is 1. The highest BCUT2D eigenvalue weighted by Gasteiger charge is 2.33. The van der Waals surface area contributed by atoms with E-state index in [0.29, 0.717) is 37.2 Å². The number of nitrogens with zero attached hydrogens (tertiary/aromatic N) is 1. The lowest BCUT2D eigenvalue weighted by Crippen LogP contribution is -2.54. The summed E-state index contributed by atoms with van der Waals surface area (Å²) < 4.78 is 10.9. The molecule has 1 aliphatic heterocycles. The molecular weight excluding hydrogens is 480 g/mol. The molecule has 0 bridgehead atoms. The maximum atomic E-state index is 13.3. The number of likely N-dealkylation sites (tertiary alicyclic amines) is 1. The van der Waals surface area contributed by atoms with Crippen LogP contribution in [0.3, 0.4) is 0 Å². The molecule has 4 unspecified atom stereocenters. The Kier molecular flexibility index (Phi) is 11.6. The van der Waals surface area contributed by atoms with E-state index in [0.717, 1.165) is 24.8 Å². The lowest BCUT2D eigenvalue weighted by molar-refractivity contribution is -0.00869. The molecule has 0 spiro atoms. The van der Waals surface area contributed by atoms with Gasteiger partial charge in [-0.15, -0.1) is 0 Å². The zero-order valence-electron chi connectivity index (χ0n) is 21.7. The van der Waals surface area contributed by atoms with Crippen molar-refractivity contribution < 1.29 is 19.1 Å². The molecule has 202 valence electrons. The van der Waals surface area contributed by atoms with Gasteiger partial charge in [-0.25, -0.2) is 9.59 Å². The average molecular weight is 523 g/mol. The monoisotopic (exact) mass is 522 g/mol. The molecule has 0 radical (unpaired) electrons. The summed E-state index contributed by atoms with van der Waals surface area (Å²) in [7, 11) is 1.33. The van der Waals surface area contributed by atoms with Crippen LogP contribution in [0.5, 0.6) is 0 Å². The van der Waals surface area contributed by atoms with E-state index >= 15 is 0 Å². The van der Waals surface area contributed by atoms with Gasteiger partial charge in [-0.3, -0.25) is 0 Å². The van der Waals surface area contributed by atoms with Gasteiger partial charge in [-0.1, -0.05) is 55.8 Å². The molecule has 1 aromatic rings. The number of alkyl carbamates (subject to hydrolysis) is 1. The normalized spacial score (nSPS) is 21.3. The summed E-state index contributed by atoms with van der Waals surface area (Å²) >= 11 is 6.28. The summed E-state index contributed by atoms with van der Waals surface area (Å²) in [6.07, 6.45) is 8.37. The molecule has 2 fully saturated rings. The number of urea groups is 1. The molecule has 2 aliphatic rings. The molecule has 0 aromatic heterocycles. The maximum absolute atomic E-state index is 13.3. The molecule has 4 atom stereocenters. The summed E-state index contributed by atoms with van der Waals surface area (Å²) in [4.78, 5) is 26.6. The van der Waals surface area contributed by atoms with E-state index < -0.39 is 6.09 Å². The predicted molar refractivity (Wildman–Crippen MR) is 142 cm³/mol. The minimum atomic E-state index is -0.490. The average Bonchev–Trinajstić information content (AvgIpc) is 2.88. The number of halogens is 1. The van der Waals surface area contributed by atoms with Crippen LogP contribution in [0.15, 0.2) is 24.3 Å². The fourth-order valence-corrected chi connectivity index (χ4v) is 5.68. The molecule has 36 heavy (non-hydrogen) atoms. The van der Waals surface area contributed by atoms with E-state index in [1.165, 1.54) is 39.2 Å². The number of amides is 3. The summed E-state index contributed by atoms with van der Waals surface area (Å²) in [5.74, 6) is 0.747. The van der Waals surface area contributed by atoms with Gasteiger partial charge in [0, 0.05) is 42.7 Å². The number of rotatable bonds is 10. The van der Waals surface area contributed by atoms with E-state index in [9.17, 15) is 9.59 Å². The highest BCUT2D eigenvalue weighted by molar-refractivity contribution is 6.30. The van der Waals surface area contributed by atoms with Gasteiger partial charge in [-0.05, 0) is 49.8 Å². The molecule has 4 N–H and O–H groups in total. The van der Waals surface area contributed by atoms with E-state index in [1.807, 2.05) is 36.1 Å². The van der Waals surface area contributed by atoms with E-state index in [4.69, 9.17) is 22.1 Å². The van der Waals surface area contributed by atoms with Crippen LogP contribution >= 0.6 is 11.6 Å². The van der Waals surface area contributed by atoms with Gasteiger partial charge >= 0.3 is 12.1 Å². The molecular formula is C27H43ClN4O4. The number of nitrogens with two attached hydrogens (primary N) is 1. The van der Waals surface area contributed by atoms with Gasteiger partial charge in [0.2, 0.25) is 0 Å². The van der Waals surface area contributed by atoms with Crippen molar-refractivity contribution in [2.24, 2.45) is 17.6 Å². The van der Waals surface area contributed by atoms with Gasteiger partial charge in [0.15, 0.2) is 0 Å². The number of piperidine rings is 1. The van der Waals surface area contributed by atoms with Crippen molar-refractivity contribution in [3.05, 3.63) is 34.9 Å². The predicted octanol–water partition coefficient (Wildman–Crippen LogP) is 4.86. The van der Waals surface area contributed by atoms with Crippen LogP contribution in [0, 0.1) is 11.8 Å². The highest BCUT2D eigenvalue weighted by atomic mass is 35.5. The molecule has 3 amide bonds. The SMILES string of the molecule is COC(=O)NCCOC(c1cccc(Cl)c1)C1CCCN(C(=O)NC(CC2CCCCC2)C(C)N)C1. The zero-order valence-corrected chi connectivity index (χ0v) is 22.5. The topological polar surface area (TPSA) is 106 Å². The van der Waals surface area contributed by atoms with Gasteiger partial charge in [0.05, 0.1) is 19.8 Å². The number of nitrogens with one attached hydrogen (secondary N) is 2. The van der Waals surface area contributed by atoms with Crippen molar-refractivity contribution >= 4 is 23.7 Å². The number of benzene rings is 1. The second-order valence-electron chi connectivity index (χ2n) is 10.3. The van der Waals surface area contributed by atoms with Crippen LogP contribution in [0.1, 0.15) is 70.0 Å². The fourth-order valence-electron chi connectivity index (χ4n) is 5.48. The third-order valence-electron chi connectivity index (χ3n) is 7.46. The molecule has 1 aliphatic carbocycles. The summed E-state index contributed by atoms with van der Waals surface area (Å²) in [6.45, 7) is 3.94. The lowest BCUT2D eigenvalue weighted by atomic mass is 9.83. The third-order valence-corrected chi connectivity index (χ3v) is 7.70. The van der Waals surface area contributed by atoms with Crippen LogP contribution < -0.4 is 16.4 Å². The highest BCUT2D eigenvalue weighted by Crippen LogP contribution is 2.34. The van der Waals surface area contributed by atoms with Gasteiger partial charge < -0.3 is 30.7 Å². The Bertz CT molecular complexity index is 834. The van der Waals surface area contributed by atoms with Crippen LogP contribution in [-0.4, -0.2) is 62.5 Å². The van der Waals surface area contributed by atoms with Crippen molar-refractivity contribution in [1.29, 1.82) is 0 Å². The molecule has 3 rings (SSSR count). The first-order valence-electron chi connectivity index (χ1n) is 13.4. The van der Waals surface area contributed by atoms with Crippen LogP contribution in [0.4, 0.5) is 9.59 Å². The second-order valence-corrected chi connectivity index (χ2v) is 10.7. The number of carbonyl (C=O) groups is 2. The van der Waals surface area contributed by atoms with E-state index in [1.54, 1.807) is 0 Å². The second kappa shape index (κ2) is 14.6. The first kappa shape index (κ1) is 28.5. The van der Waals surface area contributed by atoms with Crippen molar-refractivity contribution in [1.82, 2.24) is 15.5 Å². The Balaban J connectivity index is 1.63. The Morgan fingerprint density at radius 1 is 1.19 bits per heavy atom. The Hall–Kier alpha value is -2.03. The summed E-state index contributed by atoms with van der Waals surface area (Å²) in [5.41, 5.74) is 7.26. The van der Waals surface area contributed by atoms with E-state index in [2.05, 4.69) is 15.4 Å². The first-order valence-corrected chi connectivity index (χ1v) is 13.7. The molecule has 9 heteroatoms. The number of hydrogen-bond donors (Lipinski definition) is 3. The third kappa shape index (κ3) is 8.82. The molecule has 1 heterocycles. The van der Waals surface area contributed by atoms with Gasteiger partial charge in [0.25, 0.3) is 0 Å². The lowest BCUT2D eigenvalue weighted by Gasteiger charge is -2.38. The Labute approximate surface area is 220 Å².